The second-order valence-corrected chi connectivity index (χ2v) is 9.52. The van der Waals surface area contributed by atoms with E-state index in [9.17, 15) is 0 Å². The number of rotatable bonds is 2. The molecule has 4 aromatic rings. The van der Waals surface area contributed by atoms with Gasteiger partial charge in [-0.1, -0.05) is 17.7 Å². The van der Waals surface area contributed by atoms with Gasteiger partial charge in [-0.25, -0.2) is 9.97 Å². The number of anilines is 1. The molecule has 2 aliphatic rings. The molecule has 154 valence electrons. The number of fused-ring (bicyclic) bond motifs is 4. The van der Waals surface area contributed by atoms with E-state index in [1.807, 2.05) is 37.8 Å². The largest absolute Gasteiger partial charge is 0.349 e. The van der Waals surface area contributed by atoms with Crippen molar-refractivity contribution in [3.63, 3.8) is 0 Å². The highest BCUT2D eigenvalue weighted by atomic mass is 35.5. The molecular formula is C22H24ClN7. The third-order valence-corrected chi connectivity index (χ3v) is 7.09. The molecule has 3 aromatic heterocycles. The van der Waals surface area contributed by atoms with Crippen LogP contribution < -0.4 is 10.6 Å². The van der Waals surface area contributed by atoms with E-state index in [4.69, 9.17) is 27.3 Å². The van der Waals surface area contributed by atoms with Gasteiger partial charge in [0.05, 0.1) is 16.7 Å². The van der Waals surface area contributed by atoms with Crippen LogP contribution in [0.25, 0.3) is 33.2 Å². The van der Waals surface area contributed by atoms with Gasteiger partial charge in [0.1, 0.15) is 11.3 Å². The number of piperidine rings is 1. The summed E-state index contributed by atoms with van der Waals surface area (Å²) >= 11 is 6.74. The average molecular weight is 422 g/mol. The first kappa shape index (κ1) is 18.2. The molecule has 0 spiro atoms. The molecule has 2 bridgehead atoms. The Kier molecular flexibility index (Phi) is 3.74. The Morgan fingerprint density at radius 2 is 1.97 bits per heavy atom. The standard InChI is InChI=1S/C22H24ClN7/c1-22(24)7-12-3-4-13(8-22)30(12)18-10-25-20-15(9-26-21(20)27-18)14-5-6-17-16(19(14)23)11-29(2)28-17/h5-6,9-13H,3-4,7-8,24H2,1-2H3,(H,26,27)/t12-,13+,22?. The van der Waals surface area contributed by atoms with Gasteiger partial charge in [0.25, 0.3) is 0 Å². The molecule has 2 saturated heterocycles. The van der Waals surface area contributed by atoms with Crippen LogP contribution in [0.2, 0.25) is 5.02 Å². The Hall–Kier alpha value is -2.64. The Bertz CT molecular complexity index is 1270. The number of nitrogens with two attached hydrogens (primary N) is 1. The van der Waals surface area contributed by atoms with E-state index in [1.165, 1.54) is 12.8 Å². The molecule has 30 heavy (non-hydrogen) atoms. The fourth-order valence-electron chi connectivity index (χ4n) is 5.50. The van der Waals surface area contributed by atoms with Gasteiger partial charge >= 0.3 is 0 Å². The summed E-state index contributed by atoms with van der Waals surface area (Å²) < 4.78 is 1.78. The minimum atomic E-state index is -0.0822. The van der Waals surface area contributed by atoms with Crippen LogP contribution in [0.5, 0.6) is 0 Å². The summed E-state index contributed by atoms with van der Waals surface area (Å²) in [4.78, 5) is 15.5. The molecule has 1 aromatic carbocycles. The highest BCUT2D eigenvalue weighted by Gasteiger charge is 2.45. The Labute approximate surface area is 179 Å². The van der Waals surface area contributed by atoms with Gasteiger partial charge in [0.2, 0.25) is 0 Å². The van der Waals surface area contributed by atoms with E-state index in [0.717, 1.165) is 51.9 Å². The first-order chi connectivity index (χ1) is 14.4. The van der Waals surface area contributed by atoms with Gasteiger partial charge in [0.15, 0.2) is 5.65 Å². The van der Waals surface area contributed by atoms with Crippen molar-refractivity contribution >= 4 is 39.5 Å². The summed E-state index contributed by atoms with van der Waals surface area (Å²) in [6.07, 6.45) is 10.1. The maximum Gasteiger partial charge on any atom is 0.159 e. The summed E-state index contributed by atoms with van der Waals surface area (Å²) in [5.41, 5.74) is 10.8. The monoisotopic (exact) mass is 421 g/mol. The Balaban J connectivity index is 1.41. The molecule has 0 amide bonds. The van der Waals surface area contributed by atoms with Crippen LogP contribution in [0.4, 0.5) is 5.82 Å². The van der Waals surface area contributed by atoms with E-state index in [1.54, 1.807) is 4.68 Å². The van der Waals surface area contributed by atoms with Gasteiger partial charge in [-0.2, -0.15) is 5.10 Å². The molecule has 8 heteroatoms. The Morgan fingerprint density at radius 3 is 2.73 bits per heavy atom. The number of aromatic nitrogens is 5. The predicted octanol–water partition coefficient (Wildman–Crippen LogP) is 4.01. The number of aromatic amines is 1. The summed E-state index contributed by atoms with van der Waals surface area (Å²) in [6.45, 7) is 2.17. The van der Waals surface area contributed by atoms with E-state index < -0.39 is 0 Å². The number of hydrogen-bond acceptors (Lipinski definition) is 5. The van der Waals surface area contributed by atoms with Crippen molar-refractivity contribution in [3.8, 4) is 11.1 Å². The number of aryl methyl sites for hydroxylation is 1. The lowest BCUT2D eigenvalue weighted by atomic mass is 9.85. The zero-order chi connectivity index (χ0) is 20.6. The molecule has 2 fully saturated rings. The molecule has 3 N–H and O–H groups in total. The molecule has 0 aliphatic carbocycles. The minimum Gasteiger partial charge on any atom is -0.349 e. The summed E-state index contributed by atoms with van der Waals surface area (Å²) in [5, 5.41) is 6.05. The van der Waals surface area contributed by atoms with Crippen molar-refractivity contribution in [1.82, 2.24) is 24.7 Å². The number of nitrogens with zero attached hydrogens (tertiary/aromatic N) is 5. The Morgan fingerprint density at radius 1 is 1.20 bits per heavy atom. The minimum absolute atomic E-state index is 0.0822. The lowest BCUT2D eigenvalue weighted by Crippen LogP contribution is -2.54. The van der Waals surface area contributed by atoms with Gasteiger partial charge < -0.3 is 15.6 Å². The van der Waals surface area contributed by atoms with E-state index >= 15 is 0 Å². The first-order valence-electron chi connectivity index (χ1n) is 10.4. The topological polar surface area (TPSA) is 88.7 Å². The third kappa shape index (κ3) is 2.65. The molecule has 1 unspecified atom stereocenters. The molecule has 0 saturated carbocycles. The quantitative estimate of drug-likeness (QED) is 0.510. The maximum absolute atomic E-state index is 6.74. The summed E-state index contributed by atoms with van der Waals surface area (Å²) in [6, 6.07) is 4.89. The van der Waals surface area contributed by atoms with E-state index in [-0.39, 0.29) is 5.54 Å². The molecule has 0 radical (unpaired) electrons. The van der Waals surface area contributed by atoms with Crippen molar-refractivity contribution in [2.75, 3.05) is 4.90 Å². The maximum atomic E-state index is 6.74. The van der Waals surface area contributed by atoms with Crippen LogP contribution in [0.3, 0.4) is 0 Å². The lowest BCUT2D eigenvalue weighted by Gasteiger charge is -2.43. The van der Waals surface area contributed by atoms with Gasteiger partial charge in [-0.3, -0.25) is 4.68 Å². The van der Waals surface area contributed by atoms with Crippen LogP contribution in [0.15, 0.2) is 30.7 Å². The molecule has 5 heterocycles. The molecule has 3 atom stereocenters. The number of H-pyrrole nitrogens is 1. The number of benzene rings is 1. The summed E-state index contributed by atoms with van der Waals surface area (Å²) in [7, 11) is 1.90. The smallest absolute Gasteiger partial charge is 0.159 e. The summed E-state index contributed by atoms with van der Waals surface area (Å²) in [5.74, 6) is 0.938. The van der Waals surface area contributed by atoms with E-state index in [2.05, 4.69) is 21.9 Å². The normalized spacial score (nSPS) is 26.2. The van der Waals surface area contributed by atoms with Crippen molar-refractivity contribution in [3.05, 3.63) is 35.7 Å². The SMILES string of the molecule is Cn1cc2c(Cl)c(-c3c[nH]c4nc(N5[C@@H]6CC[C@H]5CC(C)(N)C6)cnc34)ccc2n1. The highest BCUT2D eigenvalue weighted by Crippen LogP contribution is 2.42. The van der Waals surface area contributed by atoms with Gasteiger partial charge in [-0.05, 0) is 38.7 Å². The number of halogens is 1. The van der Waals surface area contributed by atoms with Crippen LogP contribution >= 0.6 is 11.6 Å². The third-order valence-electron chi connectivity index (χ3n) is 6.68. The molecule has 2 aliphatic heterocycles. The van der Waals surface area contributed by atoms with Crippen molar-refractivity contribution < 1.29 is 0 Å². The highest BCUT2D eigenvalue weighted by molar-refractivity contribution is 6.38. The van der Waals surface area contributed by atoms with Crippen molar-refractivity contribution in [2.45, 2.75) is 50.2 Å². The fourth-order valence-corrected chi connectivity index (χ4v) is 5.81. The number of hydrogen-bond donors (Lipinski definition) is 2. The van der Waals surface area contributed by atoms with Crippen LogP contribution in [0, 0.1) is 0 Å². The number of nitrogens with one attached hydrogen (secondary N) is 1. The predicted molar refractivity (Wildman–Crippen MR) is 120 cm³/mol. The van der Waals surface area contributed by atoms with Crippen LogP contribution in [0.1, 0.15) is 32.6 Å². The van der Waals surface area contributed by atoms with Gasteiger partial charge in [-0.15, -0.1) is 0 Å². The van der Waals surface area contributed by atoms with E-state index in [0.29, 0.717) is 17.1 Å². The zero-order valence-electron chi connectivity index (χ0n) is 17.1. The average Bonchev–Trinajstić information content (AvgIpc) is 3.36. The van der Waals surface area contributed by atoms with Crippen molar-refractivity contribution in [2.24, 2.45) is 12.8 Å². The van der Waals surface area contributed by atoms with Crippen LogP contribution in [-0.2, 0) is 7.05 Å². The van der Waals surface area contributed by atoms with Crippen LogP contribution in [-0.4, -0.2) is 42.4 Å². The van der Waals surface area contributed by atoms with Gasteiger partial charge in [0, 0.05) is 53.6 Å². The molecule has 7 nitrogen and oxygen atoms in total. The van der Waals surface area contributed by atoms with Crippen molar-refractivity contribution in [1.29, 1.82) is 0 Å². The molecule has 6 rings (SSSR count). The zero-order valence-corrected chi connectivity index (χ0v) is 17.8. The first-order valence-corrected chi connectivity index (χ1v) is 10.8. The second-order valence-electron chi connectivity index (χ2n) is 9.14. The lowest BCUT2D eigenvalue weighted by molar-refractivity contribution is 0.305. The second kappa shape index (κ2) is 6.18. The molecular weight excluding hydrogens is 398 g/mol. The fraction of sp³-hybridized carbons (Fsp3) is 0.409.